The molecule has 1 aliphatic rings. The van der Waals surface area contributed by atoms with E-state index in [2.05, 4.69) is 18.0 Å². The zero-order valence-corrected chi connectivity index (χ0v) is 15.3. The van der Waals surface area contributed by atoms with Gasteiger partial charge in [0.25, 0.3) is 0 Å². The predicted molar refractivity (Wildman–Crippen MR) is 105 cm³/mol. The summed E-state index contributed by atoms with van der Waals surface area (Å²) < 4.78 is 0. The number of H-pyrrole nitrogens is 1. The van der Waals surface area contributed by atoms with Crippen molar-refractivity contribution in [2.45, 2.75) is 31.8 Å². The molecular weight excluding hydrogens is 336 g/mol. The summed E-state index contributed by atoms with van der Waals surface area (Å²) in [4.78, 5) is 16.3. The number of rotatable bonds is 3. The van der Waals surface area contributed by atoms with E-state index in [-0.39, 0.29) is 5.78 Å². The topological polar surface area (TPSA) is 109 Å². The highest BCUT2D eigenvalue weighted by Crippen LogP contribution is 2.38. The number of nitrogens with one attached hydrogen (secondary N) is 1. The number of nitriles is 1. The molecule has 1 unspecified atom stereocenters. The van der Waals surface area contributed by atoms with E-state index in [0.29, 0.717) is 22.6 Å². The van der Waals surface area contributed by atoms with E-state index >= 15 is 0 Å². The highest BCUT2D eigenvalue weighted by atomic mass is 16.1. The fraction of sp³-hybridized carbons (Fsp3) is 0.273. The number of nitrogens with zero attached hydrogens (tertiary/aromatic N) is 1. The molecule has 0 spiro atoms. The van der Waals surface area contributed by atoms with Gasteiger partial charge in [-0.25, -0.2) is 0 Å². The molecule has 0 bridgehead atoms. The third-order valence-corrected chi connectivity index (χ3v) is 5.61. The molecule has 4 rings (SSSR count). The van der Waals surface area contributed by atoms with Gasteiger partial charge in [-0.15, -0.1) is 0 Å². The quantitative estimate of drug-likeness (QED) is 0.493. The normalized spacial score (nSPS) is 18.1. The van der Waals surface area contributed by atoms with E-state index < -0.39 is 5.66 Å². The lowest BCUT2D eigenvalue weighted by molar-refractivity contribution is 0.103. The van der Waals surface area contributed by atoms with Crippen molar-refractivity contribution in [3.8, 4) is 6.07 Å². The molecule has 0 saturated heterocycles. The first-order valence-electron chi connectivity index (χ1n) is 9.20. The molecule has 136 valence electrons. The average molecular weight is 358 g/mol. The number of ketones is 1. The zero-order valence-electron chi connectivity index (χ0n) is 15.3. The standard InChI is InChI=1S/C22H22N4O/c1-2-13-9-18-17-10-16(20(27)15-5-3-14(12-23)4-6-15)7-8-19(17)26-21(18)22(24,25)11-13/h3-8,10,13,26H,2,9,11,24-25H2,1H3. The summed E-state index contributed by atoms with van der Waals surface area (Å²) in [5.41, 5.74) is 16.6. The molecule has 5 N–H and O–H groups in total. The molecule has 5 heteroatoms. The lowest BCUT2D eigenvalue weighted by Crippen LogP contribution is -2.50. The number of carbonyl (C=O) groups is 1. The van der Waals surface area contributed by atoms with Crippen LogP contribution in [-0.2, 0) is 12.1 Å². The second-order valence-corrected chi connectivity index (χ2v) is 7.48. The summed E-state index contributed by atoms with van der Waals surface area (Å²) in [5, 5.41) is 9.93. The lowest BCUT2D eigenvalue weighted by Gasteiger charge is -2.34. The van der Waals surface area contributed by atoms with Gasteiger partial charge in [-0.05, 0) is 66.8 Å². The molecule has 1 heterocycles. The largest absolute Gasteiger partial charge is 0.356 e. The number of hydrogen-bond donors (Lipinski definition) is 3. The Labute approximate surface area is 158 Å². The average Bonchev–Trinajstić information content (AvgIpc) is 3.06. The van der Waals surface area contributed by atoms with Crippen molar-refractivity contribution in [1.29, 1.82) is 5.26 Å². The fourth-order valence-corrected chi connectivity index (χ4v) is 4.09. The molecule has 5 nitrogen and oxygen atoms in total. The van der Waals surface area contributed by atoms with Gasteiger partial charge >= 0.3 is 0 Å². The van der Waals surface area contributed by atoms with Crippen molar-refractivity contribution in [3.63, 3.8) is 0 Å². The third kappa shape index (κ3) is 2.93. The van der Waals surface area contributed by atoms with Crippen LogP contribution in [0.2, 0.25) is 0 Å². The van der Waals surface area contributed by atoms with E-state index in [9.17, 15) is 4.79 Å². The molecule has 0 amide bonds. The number of aromatic amines is 1. The Morgan fingerprint density at radius 2 is 1.93 bits per heavy atom. The summed E-state index contributed by atoms with van der Waals surface area (Å²) in [6.45, 7) is 2.15. The molecule has 3 aromatic rings. The van der Waals surface area contributed by atoms with Crippen LogP contribution in [-0.4, -0.2) is 10.8 Å². The minimum absolute atomic E-state index is 0.0639. The van der Waals surface area contributed by atoms with Crippen LogP contribution in [0.1, 0.15) is 52.5 Å². The summed E-state index contributed by atoms with van der Waals surface area (Å²) in [6, 6.07) is 14.4. The summed E-state index contributed by atoms with van der Waals surface area (Å²) in [6.07, 6.45) is 2.68. The maximum Gasteiger partial charge on any atom is 0.193 e. The number of carbonyl (C=O) groups excluding carboxylic acids is 1. The number of aromatic nitrogens is 1. The van der Waals surface area contributed by atoms with Crippen LogP contribution >= 0.6 is 0 Å². The van der Waals surface area contributed by atoms with Crippen LogP contribution in [0.4, 0.5) is 0 Å². The van der Waals surface area contributed by atoms with Crippen LogP contribution in [0.25, 0.3) is 10.9 Å². The summed E-state index contributed by atoms with van der Waals surface area (Å²) in [5.74, 6) is 0.371. The fourth-order valence-electron chi connectivity index (χ4n) is 4.09. The van der Waals surface area contributed by atoms with Gasteiger partial charge in [-0.1, -0.05) is 13.3 Å². The van der Waals surface area contributed by atoms with Gasteiger partial charge < -0.3 is 16.5 Å². The first-order chi connectivity index (χ1) is 12.9. The SMILES string of the molecule is CCC1Cc2c([nH]c3ccc(C(=O)c4ccc(C#N)cc4)cc23)C(N)(N)C1. The summed E-state index contributed by atoms with van der Waals surface area (Å²) >= 11 is 0. The second-order valence-electron chi connectivity index (χ2n) is 7.48. The lowest BCUT2D eigenvalue weighted by atomic mass is 9.79. The van der Waals surface area contributed by atoms with Gasteiger partial charge in [0.15, 0.2) is 5.78 Å². The first-order valence-corrected chi connectivity index (χ1v) is 9.20. The molecule has 27 heavy (non-hydrogen) atoms. The van der Waals surface area contributed by atoms with Crippen molar-refractivity contribution in [1.82, 2.24) is 4.98 Å². The van der Waals surface area contributed by atoms with E-state index in [1.807, 2.05) is 18.2 Å². The van der Waals surface area contributed by atoms with Crippen molar-refractivity contribution in [3.05, 3.63) is 70.4 Å². The van der Waals surface area contributed by atoms with Gasteiger partial charge in [0, 0.05) is 22.0 Å². The highest BCUT2D eigenvalue weighted by Gasteiger charge is 2.36. The molecule has 0 fully saturated rings. The van der Waals surface area contributed by atoms with Gasteiger partial charge in [-0.2, -0.15) is 5.26 Å². The Morgan fingerprint density at radius 3 is 2.59 bits per heavy atom. The smallest absolute Gasteiger partial charge is 0.193 e. The minimum Gasteiger partial charge on any atom is -0.356 e. The Morgan fingerprint density at radius 1 is 1.22 bits per heavy atom. The molecule has 1 aromatic heterocycles. The van der Waals surface area contributed by atoms with Crippen LogP contribution in [0.3, 0.4) is 0 Å². The maximum absolute atomic E-state index is 12.9. The number of benzene rings is 2. The minimum atomic E-state index is -0.870. The van der Waals surface area contributed by atoms with E-state index in [0.717, 1.165) is 41.4 Å². The Hall–Kier alpha value is -2.94. The predicted octanol–water partition coefficient (Wildman–Crippen LogP) is 3.31. The summed E-state index contributed by atoms with van der Waals surface area (Å²) in [7, 11) is 0. The maximum atomic E-state index is 12.9. The van der Waals surface area contributed by atoms with Crippen LogP contribution < -0.4 is 11.5 Å². The Kier molecular flexibility index (Phi) is 4.11. The van der Waals surface area contributed by atoms with Gasteiger partial charge in [-0.3, -0.25) is 4.79 Å². The van der Waals surface area contributed by atoms with Gasteiger partial charge in [0.1, 0.15) is 5.66 Å². The number of nitrogens with two attached hydrogens (primary N) is 2. The molecule has 1 aliphatic carbocycles. The Balaban J connectivity index is 1.78. The monoisotopic (exact) mass is 358 g/mol. The second kappa shape index (κ2) is 6.34. The molecule has 0 saturated carbocycles. The number of fused-ring (bicyclic) bond motifs is 3. The van der Waals surface area contributed by atoms with Gasteiger partial charge in [0.05, 0.1) is 17.3 Å². The van der Waals surface area contributed by atoms with Gasteiger partial charge in [0.2, 0.25) is 0 Å². The van der Waals surface area contributed by atoms with E-state index in [1.165, 1.54) is 0 Å². The first kappa shape index (κ1) is 17.5. The van der Waals surface area contributed by atoms with E-state index in [1.54, 1.807) is 24.3 Å². The highest BCUT2D eigenvalue weighted by molar-refractivity contribution is 6.10. The van der Waals surface area contributed by atoms with Crippen molar-refractivity contribution < 1.29 is 4.79 Å². The van der Waals surface area contributed by atoms with E-state index in [4.69, 9.17) is 16.7 Å². The van der Waals surface area contributed by atoms with Crippen molar-refractivity contribution >= 4 is 16.7 Å². The third-order valence-electron chi connectivity index (χ3n) is 5.61. The molecule has 0 radical (unpaired) electrons. The van der Waals surface area contributed by atoms with Crippen molar-refractivity contribution in [2.75, 3.05) is 0 Å². The van der Waals surface area contributed by atoms with Crippen LogP contribution in [0, 0.1) is 17.2 Å². The van der Waals surface area contributed by atoms with Crippen molar-refractivity contribution in [2.24, 2.45) is 17.4 Å². The molecule has 1 atom stereocenters. The zero-order chi connectivity index (χ0) is 19.2. The number of hydrogen-bond acceptors (Lipinski definition) is 4. The molecule has 2 aromatic carbocycles. The van der Waals surface area contributed by atoms with Crippen LogP contribution in [0.15, 0.2) is 42.5 Å². The Bertz CT molecular complexity index is 1070. The molecule has 0 aliphatic heterocycles. The van der Waals surface area contributed by atoms with Crippen LogP contribution in [0.5, 0.6) is 0 Å². The molecular formula is C22H22N4O.